The number of nitrogens with zero attached hydrogens (tertiary/aromatic N) is 1. The zero-order valence-corrected chi connectivity index (χ0v) is 20.8. The van der Waals surface area contributed by atoms with Crippen molar-refractivity contribution in [2.75, 3.05) is 11.9 Å². The fraction of sp³-hybridized carbons (Fsp3) is 0.154. The molecule has 0 aromatic heterocycles. The predicted octanol–water partition coefficient (Wildman–Crippen LogP) is 7.07. The fourth-order valence-corrected chi connectivity index (χ4v) is 3.85. The summed E-state index contributed by atoms with van der Waals surface area (Å²) in [5.41, 5.74) is 2.36. The summed E-state index contributed by atoms with van der Waals surface area (Å²) in [6.07, 6.45) is 1.46. The van der Waals surface area contributed by atoms with Crippen LogP contribution in [0.25, 0.3) is 6.08 Å². The summed E-state index contributed by atoms with van der Waals surface area (Å²) in [6, 6.07) is 16.6. The second-order valence-corrected chi connectivity index (χ2v) is 8.48. The first-order valence-corrected chi connectivity index (χ1v) is 11.5. The second-order valence-electron chi connectivity index (χ2n) is 7.22. The molecule has 34 heavy (non-hydrogen) atoms. The summed E-state index contributed by atoms with van der Waals surface area (Å²) in [4.78, 5) is 12.7. The number of nitriles is 1. The largest absolute Gasteiger partial charge is 0.490 e. The minimum Gasteiger partial charge on any atom is -0.490 e. The molecule has 0 aliphatic heterocycles. The van der Waals surface area contributed by atoms with Crippen molar-refractivity contribution in [2.24, 2.45) is 0 Å². The van der Waals surface area contributed by atoms with Gasteiger partial charge in [-0.3, -0.25) is 4.79 Å². The number of carbonyl (C=O) groups excluding carboxylic acids is 1. The molecule has 0 aliphatic carbocycles. The van der Waals surface area contributed by atoms with Gasteiger partial charge < -0.3 is 14.8 Å². The maximum absolute atomic E-state index is 13.5. The quantitative estimate of drug-likeness (QED) is 0.244. The van der Waals surface area contributed by atoms with Gasteiger partial charge in [-0.15, -0.1) is 0 Å². The van der Waals surface area contributed by atoms with E-state index in [0.29, 0.717) is 50.0 Å². The Morgan fingerprint density at radius 2 is 1.97 bits per heavy atom. The predicted molar refractivity (Wildman–Crippen MR) is 134 cm³/mol. The maximum Gasteiger partial charge on any atom is 0.266 e. The van der Waals surface area contributed by atoms with E-state index in [1.54, 1.807) is 49.4 Å². The topological polar surface area (TPSA) is 71.3 Å². The molecule has 1 N–H and O–H groups in total. The summed E-state index contributed by atoms with van der Waals surface area (Å²) < 4.78 is 25.6. The van der Waals surface area contributed by atoms with E-state index in [1.807, 2.05) is 13.0 Å². The Hall–Kier alpha value is -3.34. The van der Waals surface area contributed by atoms with Crippen LogP contribution in [0.15, 0.2) is 64.6 Å². The average molecular weight is 544 g/mol. The van der Waals surface area contributed by atoms with Crippen molar-refractivity contribution in [3.8, 4) is 17.6 Å². The van der Waals surface area contributed by atoms with Crippen LogP contribution in [0.5, 0.6) is 11.5 Å². The Labute approximate surface area is 210 Å². The van der Waals surface area contributed by atoms with Gasteiger partial charge in [0, 0.05) is 10.7 Å². The Morgan fingerprint density at radius 1 is 1.21 bits per heavy atom. The minimum atomic E-state index is -0.562. The molecule has 0 atom stereocenters. The van der Waals surface area contributed by atoms with Gasteiger partial charge in [0.05, 0.1) is 11.1 Å². The number of nitrogens with one attached hydrogen (secondary N) is 1. The molecule has 174 valence electrons. The van der Waals surface area contributed by atoms with E-state index >= 15 is 0 Å². The highest BCUT2D eigenvalue weighted by molar-refractivity contribution is 9.10. The van der Waals surface area contributed by atoms with Crippen LogP contribution in [-0.2, 0) is 11.4 Å². The van der Waals surface area contributed by atoms with Gasteiger partial charge in [-0.05, 0) is 88.9 Å². The van der Waals surface area contributed by atoms with Crippen LogP contribution in [0.4, 0.5) is 10.1 Å². The summed E-state index contributed by atoms with van der Waals surface area (Å²) in [7, 11) is 0. The van der Waals surface area contributed by atoms with E-state index in [1.165, 1.54) is 18.2 Å². The van der Waals surface area contributed by atoms with Crippen LogP contribution in [-0.4, -0.2) is 12.5 Å². The molecular formula is C26H21BrClFN2O3. The Bertz CT molecular complexity index is 1290. The Balaban J connectivity index is 1.86. The number of ether oxygens (including phenoxy) is 2. The van der Waals surface area contributed by atoms with Gasteiger partial charge in [0.2, 0.25) is 0 Å². The van der Waals surface area contributed by atoms with E-state index in [2.05, 4.69) is 21.2 Å². The molecular weight excluding hydrogens is 523 g/mol. The standard InChI is InChI=1S/C26H21BrClFN2O3/c1-3-33-24-13-18(12-21(27)25(24)34-15-17-6-4-7-20(29)11-17)10-19(14-30)26(32)31-23-9-5-8-22(28)16(23)2/h4-13H,3,15H2,1-2H3,(H,31,32)/b19-10+. The van der Waals surface area contributed by atoms with Crippen molar-refractivity contribution >= 4 is 45.2 Å². The van der Waals surface area contributed by atoms with Crippen LogP contribution in [0.3, 0.4) is 0 Å². The third-order valence-corrected chi connectivity index (χ3v) is 5.79. The highest BCUT2D eigenvalue weighted by Gasteiger charge is 2.16. The molecule has 0 saturated carbocycles. The Kier molecular flexibility index (Phi) is 8.69. The molecule has 0 heterocycles. The van der Waals surface area contributed by atoms with Crippen molar-refractivity contribution in [1.82, 2.24) is 0 Å². The molecule has 5 nitrogen and oxygen atoms in total. The van der Waals surface area contributed by atoms with Crippen LogP contribution in [0.1, 0.15) is 23.6 Å². The third kappa shape index (κ3) is 6.37. The molecule has 1 amide bonds. The molecule has 3 aromatic carbocycles. The van der Waals surface area contributed by atoms with E-state index in [9.17, 15) is 14.4 Å². The molecule has 3 aromatic rings. The van der Waals surface area contributed by atoms with Crippen LogP contribution in [0, 0.1) is 24.1 Å². The van der Waals surface area contributed by atoms with Crippen LogP contribution in [0.2, 0.25) is 5.02 Å². The average Bonchev–Trinajstić information content (AvgIpc) is 2.80. The number of rotatable bonds is 8. The second kappa shape index (κ2) is 11.7. The Morgan fingerprint density at radius 3 is 2.68 bits per heavy atom. The van der Waals surface area contributed by atoms with Crippen LogP contribution < -0.4 is 14.8 Å². The molecule has 0 spiro atoms. The van der Waals surface area contributed by atoms with E-state index < -0.39 is 5.91 Å². The van der Waals surface area contributed by atoms with Crippen molar-refractivity contribution in [3.05, 3.63) is 92.2 Å². The third-order valence-electron chi connectivity index (χ3n) is 4.80. The van der Waals surface area contributed by atoms with Crippen molar-refractivity contribution in [2.45, 2.75) is 20.5 Å². The number of hydrogen-bond acceptors (Lipinski definition) is 4. The lowest BCUT2D eigenvalue weighted by molar-refractivity contribution is -0.112. The van der Waals surface area contributed by atoms with E-state index in [-0.39, 0.29) is 18.0 Å². The fourth-order valence-electron chi connectivity index (χ4n) is 3.10. The number of anilines is 1. The number of benzene rings is 3. The van der Waals surface area contributed by atoms with Gasteiger partial charge in [0.1, 0.15) is 24.1 Å². The molecule has 0 aliphatic rings. The lowest BCUT2D eigenvalue weighted by Crippen LogP contribution is -2.14. The smallest absolute Gasteiger partial charge is 0.266 e. The summed E-state index contributed by atoms with van der Waals surface area (Å²) in [5, 5.41) is 12.8. The zero-order chi connectivity index (χ0) is 24.7. The summed E-state index contributed by atoms with van der Waals surface area (Å²) >= 11 is 9.58. The summed E-state index contributed by atoms with van der Waals surface area (Å²) in [5.74, 6) is -0.0574. The first-order valence-electron chi connectivity index (χ1n) is 10.3. The monoisotopic (exact) mass is 542 g/mol. The number of hydrogen-bond donors (Lipinski definition) is 1. The van der Waals surface area contributed by atoms with Gasteiger partial charge in [-0.1, -0.05) is 29.8 Å². The van der Waals surface area contributed by atoms with Crippen molar-refractivity contribution in [3.63, 3.8) is 0 Å². The van der Waals surface area contributed by atoms with Gasteiger partial charge >= 0.3 is 0 Å². The van der Waals surface area contributed by atoms with Crippen molar-refractivity contribution < 1.29 is 18.7 Å². The van der Waals surface area contributed by atoms with Gasteiger partial charge in [-0.2, -0.15) is 5.26 Å². The SMILES string of the molecule is CCOc1cc(/C=C(\C#N)C(=O)Nc2cccc(Cl)c2C)cc(Br)c1OCc1cccc(F)c1. The number of carbonyl (C=O) groups is 1. The maximum atomic E-state index is 13.5. The lowest BCUT2D eigenvalue weighted by atomic mass is 10.1. The van der Waals surface area contributed by atoms with E-state index in [0.717, 1.165) is 0 Å². The molecule has 8 heteroatoms. The minimum absolute atomic E-state index is 0.0952. The summed E-state index contributed by atoms with van der Waals surface area (Å²) in [6.45, 7) is 4.11. The number of halogens is 3. The highest BCUT2D eigenvalue weighted by Crippen LogP contribution is 2.38. The molecule has 0 saturated heterocycles. The molecule has 3 rings (SSSR count). The lowest BCUT2D eigenvalue weighted by Gasteiger charge is -2.15. The molecule has 0 radical (unpaired) electrons. The van der Waals surface area contributed by atoms with Gasteiger partial charge in [0.15, 0.2) is 11.5 Å². The van der Waals surface area contributed by atoms with Crippen LogP contribution >= 0.6 is 27.5 Å². The van der Waals surface area contributed by atoms with Gasteiger partial charge in [-0.25, -0.2) is 4.39 Å². The number of amides is 1. The van der Waals surface area contributed by atoms with Gasteiger partial charge in [0.25, 0.3) is 5.91 Å². The zero-order valence-electron chi connectivity index (χ0n) is 18.5. The van der Waals surface area contributed by atoms with E-state index in [4.69, 9.17) is 21.1 Å². The molecule has 0 unspecified atom stereocenters. The highest BCUT2D eigenvalue weighted by atomic mass is 79.9. The first kappa shape index (κ1) is 25.3. The molecule has 0 bridgehead atoms. The normalized spacial score (nSPS) is 11.0. The van der Waals surface area contributed by atoms with Crippen molar-refractivity contribution in [1.29, 1.82) is 5.26 Å². The molecule has 0 fully saturated rings. The first-order chi connectivity index (χ1) is 16.3.